The topological polar surface area (TPSA) is 24.5 Å². The normalized spacial score (nSPS) is 17.7. The van der Waals surface area contributed by atoms with Gasteiger partial charge in [-0.1, -0.05) is 6.07 Å². The van der Waals surface area contributed by atoms with E-state index in [1.165, 1.54) is 7.11 Å². The quantitative estimate of drug-likeness (QED) is 0.903. The first-order chi connectivity index (χ1) is 11.5. The maximum absolute atomic E-state index is 13.0. The standard InChI is InChI=1S/C17H19F3N2OS/c1-23-15-10-13(17(18,19)20)2-3-14(15)16(12-4-9-24-11-12)22-7-5-21-6-8-22/h2-4,9-11,16,21H,5-8H2,1H3/t16-/m1/s1. The van der Waals surface area contributed by atoms with Crippen LogP contribution in [0.2, 0.25) is 0 Å². The third-order valence-electron chi connectivity index (χ3n) is 4.23. The van der Waals surface area contributed by atoms with Gasteiger partial charge in [0, 0.05) is 31.7 Å². The summed E-state index contributed by atoms with van der Waals surface area (Å²) in [6.45, 7) is 3.41. The molecule has 1 aliphatic heterocycles. The van der Waals surface area contributed by atoms with Crippen LogP contribution in [0, 0.1) is 0 Å². The van der Waals surface area contributed by atoms with Crippen LogP contribution in [0.15, 0.2) is 35.0 Å². The molecule has 2 aromatic rings. The molecule has 0 bridgehead atoms. The van der Waals surface area contributed by atoms with Crippen molar-refractivity contribution >= 4 is 11.3 Å². The number of ether oxygens (including phenoxy) is 1. The average molecular weight is 356 g/mol. The Morgan fingerprint density at radius 2 is 1.96 bits per heavy atom. The van der Waals surface area contributed by atoms with Crippen LogP contribution in [0.25, 0.3) is 0 Å². The Morgan fingerprint density at radius 1 is 1.21 bits per heavy atom. The predicted octanol–water partition coefficient (Wildman–Crippen LogP) is 3.77. The number of rotatable bonds is 4. The van der Waals surface area contributed by atoms with Crippen LogP contribution in [0.4, 0.5) is 13.2 Å². The highest BCUT2D eigenvalue weighted by Gasteiger charge is 2.33. The number of hydrogen-bond donors (Lipinski definition) is 1. The number of thiophene rings is 1. The molecule has 1 fully saturated rings. The van der Waals surface area contributed by atoms with Gasteiger partial charge in [0.15, 0.2) is 0 Å². The van der Waals surface area contributed by atoms with Crippen LogP contribution in [-0.2, 0) is 6.18 Å². The van der Waals surface area contributed by atoms with Gasteiger partial charge >= 0.3 is 6.18 Å². The highest BCUT2D eigenvalue weighted by Crippen LogP contribution is 2.39. The van der Waals surface area contributed by atoms with E-state index in [-0.39, 0.29) is 11.8 Å². The van der Waals surface area contributed by atoms with Gasteiger partial charge in [-0.3, -0.25) is 4.90 Å². The number of methoxy groups -OCH3 is 1. The molecule has 1 aromatic heterocycles. The molecule has 1 aromatic carbocycles. The average Bonchev–Trinajstić information content (AvgIpc) is 3.09. The number of nitrogens with one attached hydrogen (secondary N) is 1. The smallest absolute Gasteiger partial charge is 0.416 e. The Morgan fingerprint density at radius 3 is 2.54 bits per heavy atom. The summed E-state index contributed by atoms with van der Waals surface area (Å²) in [7, 11) is 1.42. The van der Waals surface area contributed by atoms with Crippen LogP contribution in [0.1, 0.15) is 22.7 Å². The summed E-state index contributed by atoms with van der Waals surface area (Å²) in [5.41, 5.74) is 1.17. The number of halogens is 3. The number of alkyl halides is 3. The van der Waals surface area contributed by atoms with Gasteiger partial charge in [-0.05, 0) is 34.5 Å². The largest absolute Gasteiger partial charge is 0.496 e. The Bertz CT molecular complexity index is 667. The van der Waals surface area contributed by atoms with Crippen molar-refractivity contribution < 1.29 is 17.9 Å². The van der Waals surface area contributed by atoms with Gasteiger partial charge in [0.05, 0.1) is 18.7 Å². The second kappa shape index (κ2) is 7.13. The maximum Gasteiger partial charge on any atom is 0.416 e. The van der Waals surface area contributed by atoms with E-state index in [1.54, 1.807) is 17.4 Å². The Kier molecular flexibility index (Phi) is 5.12. The Labute approximate surface area is 143 Å². The first kappa shape index (κ1) is 17.3. The molecule has 0 saturated carbocycles. The van der Waals surface area contributed by atoms with Crippen LogP contribution in [0.3, 0.4) is 0 Å². The number of hydrogen-bond acceptors (Lipinski definition) is 4. The lowest BCUT2D eigenvalue weighted by atomic mass is 9.96. The fourth-order valence-corrected chi connectivity index (χ4v) is 3.75. The second-order valence-corrected chi connectivity index (χ2v) is 6.48. The predicted molar refractivity (Wildman–Crippen MR) is 88.6 cm³/mol. The van der Waals surface area contributed by atoms with E-state index < -0.39 is 11.7 Å². The molecule has 0 amide bonds. The number of piperazine rings is 1. The lowest BCUT2D eigenvalue weighted by Gasteiger charge is -2.35. The van der Waals surface area contributed by atoms with Crippen molar-refractivity contribution in [3.8, 4) is 5.75 Å². The van der Waals surface area contributed by atoms with Crippen molar-refractivity contribution in [3.63, 3.8) is 0 Å². The minimum atomic E-state index is -4.38. The monoisotopic (exact) mass is 356 g/mol. The number of benzene rings is 1. The molecular formula is C17H19F3N2OS. The molecule has 1 atom stereocenters. The minimum Gasteiger partial charge on any atom is -0.496 e. The molecule has 3 nitrogen and oxygen atoms in total. The van der Waals surface area contributed by atoms with E-state index in [9.17, 15) is 13.2 Å². The molecule has 0 unspecified atom stereocenters. The highest BCUT2D eigenvalue weighted by molar-refractivity contribution is 7.08. The molecular weight excluding hydrogens is 337 g/mol. The fourth-order valence-electron chi connectivity index (χ4n) is 3.07. The summed E-state index contributed by atoms with van der Waals surface area (Å²) in [6.07, 6.45) is -4.38. The lowest BCUT2D eigenvalue weighted by Crippen LogP contribution is -2.45. The SMILES string of the molecule is COc1cc(C(F)(F)F)ccc1[C@@H](c1ccsc1)N1CCNCC1. The van der Waals surface area contributed by atoms with Crippen molar-refractivity contribution in [1.82, 2.24) is 10.2 Å². The highest BCUT2D eigenvalue weighted by atomic mass is 32.1. The molecule has 3 rings (SSSR count). The molecule has 130 valence electrons. The van der Waals surface area contributed by atoms with Gasteiger partial charge in [-0.2, -0.15) is 24.5 Å². The van der Waals surface area contributed by atoms with E-state index in [0.717, 1.165) is 49.4 Å². The summed E-state index contributed by atoms with van der Waals surface area (Å²) >= 11 is 1.58. The first-order valence-corrected chi connectivity index (χ1v) is 8.67. The lowest BCUT2D eigenvalue weighted by molar-refractivity contribution is -0.137. The van der Waals surface area contributed by atoms with Gasteiger partial charge in [0.25, 0.3) is 0 Å². The third-order valence-corrected chi connectivity index (χ3v) is 4.93. The van der Waals surface area contributed by atoms with Crippen molar-refractivity contribution in [2.24, 2.45) is 0 Å². The second-order valence-electron chi connectivity index (χ2n) is 5.70. The summed E-state index contributed by atoms with van der Waals surface area (Å²) in [4.78, 5) is 2.28. The molecule has 1 N–H and O–H groups in total. The molecule has 1 aliphatic rings. The van der Waals surface area contributed by atoms with Crippen molar-refractivity contribution in [1.29, 1.82) is 0 Å². The van der Waals surface area contributed by atoms with Gasteiger partial charge in [0.1, 0.15) is 5.75 Å². The summed E-state index contributed by atoms with van der Waals surface area (Å²) < 4.78 is 44.3. The third kappa shape index (κ3) is 3.58. The summed E-state index contributed by atoms with van der Waals surface area (Å²) in [6, 6.07) is 5.70. The zero-order valence-electron chi connectivity index (χ0n) is 13.3. The van der Waals surface area contributed by atoms with Crippen LogP contribution >= 0.6 is 11.3 Å². The molecule has 0 radical (unpaired) electrons. The summed E-state index contributed by atoms with van der Waals surface area (Å²) in [5.74, 6) is 0.277. The molecule has 1 saturated heterocycles. The van der Waals surface area contributed by atoms with Crippen molar-refractivity contribution in [3.05, 3.63) is 51.7 Å². The zero-order valence-corrected chi connectivity index (χ0v) is 14.1. The molecule has 0 aliphatic carbocycles. The van der Waals surface area contributed by atoms with Crippen molar-refractivity contribution in [2.45, 2.75) is 12.2 Å². The van der Waals surface area contributed by atoms with Gasteiger partial charge in [-0.25, -0.2) is 0 Å². The number of nitrogens with zero attached hydrogens (tertiary/aromatic N) is 1. The first-order valence-electron chi connectivity index (χ1n) is 7.72. The summed E-state index contributed by atoms with van der Waals surface area (Å²) in [5, 5.41) is 7.34. The van der Waals surface area contributed by atoms with E-state index in [0.29, 0.717) is 0 Å². The maximum atomic E-state index is 13.0. The van der Waals surface area contributed by atoms with E-state index in [4.69, 9.17) is 4.74 Å². The zero-order chi connectivity index (χ0) is 17.2. The Hall–Kier alpha value is -1.57. The van der Waals surface area contributed by atoms with Crippen molar-refractivity contribution in [2.75, 3.05) is 33.3 Å². The van der Waals surface area contributed by atoms with Crippen LogP contribution in [0.5, 0.6) is 5.75 Å². The van der Waals surface area contributed by atoms with Gasteiger partial charge in [0.2, 0.25) is 0 Å². The molecule has 0 spiro atoms. The molecule has 7 heteroatoms. The van der Waals surface area contributed by atoms with Crippen LogP contribution < -0.4 is 10.1 Å². The van der Waals surface area contributed by atoms with E-state index in [1.807, 2.05) is 16.8 Å². The van der Waals surface area contributed by atoms with Gasteiger partial charge in [-0.15, -0.1) is 0 Å². The molecule has 2 heterocycles. The van der Waals surface area contributed by atoms with E-state index in [2.05, 4.69) is 10.2 Å². The fraction of sp³-hybridized carbons (Fsp3) is 0.412. The minimum absolute atomic E-state index is 0.101. The molecule has 24 heavy (non-hydrogen) atoms. The Balaban J connectivity index is 2.04. The van der Waals surface area contributed by atoms with Gasteiger partial charge < -0.3 is 10.1 Å². The van der Waals surface area contributed by atoms with Crippen LogP contribution in [-0.4, -0.2) is 38.2 Å². The van der Waals surface area contributed by atoms with E-state index >= 15 is 0 Å².